The molecule has 1 amide bonds. The Hall–Kier alpha value is -2.63. The molecular formula is C30H33BrN2O2. The summed E-state index contributed by atoms with van der Waals surface area (Å²) in [6.45, 7) is 3.34. The second-order valence-corrected chi connectivity index (χ2v) is 10.6. The Labute approximate surface area is 216 Å². The number of halogens is 1. The average Bonchev–Trinajstić information content (AvgIpc) is 3.43. The maximum Gasteiger partial charge on any atom is 0.411 e. The number of hydrogen-bond donors (Lipinski definition) is 1. The number of amides is 1. The number of benzene rings is 3. The molecule has 182 valence electrons. The van der Waals surface area contributed by atoms with Crippen LogP contribution in [0.1, 0.15) is 24.0 Å². The highest BCUT2D eigenvalue weighted by Crippen LogP contribution is 2.39. The summed E-state index contributed by atoms with van der Waals surface area (Å²) in [4.78, 5) is 15.3. The summed E-state index contributed by atoms with van der Waals surface area (Å²) in [6, 6.07) is 27.0. The van der Waals surface area contributed by atoms with Crippen molar-refractivity contribution >= 4 is 27.7 Å². The van der Waals surface area contributed by atoms with E-state index in [1.165, 1.54) is 11.1 Å². The fraction of sp³-hybridized carbons (Fsp3) is 0.367. The summed E-state index contributed by atoms with van der Waals surface area (Å²) < 4.78 is 5.87. The quantitative estimate of drug-likeness (QED) is 0.324. The lowest BCUT2D eigenvalue weighted by molar-refractivity contribution is 0.106. The van der Waals surface area contributed by atoms with Gasteiger partial charge in [0.05, 0.1) is 5.69 Å². The molecule has 0 radical (unpaired) electrons. The van der Waals surface area contributed by atoms with Crippen molar-refractivity contribution in [2.24, 2.45) is 11.8 Å². The molecule has 0 unspecified atom stereocenters. The van der Waals surface area contributed by atoms with E-state index >= 15 is 0 Å². The maximum absolute atomic E-state index is 12.7. The molecule has 5 heteroatoms. The molecule has 4 nitrogen and oxygen atoms in total. The number of hydrogen-bond acceptors (Lipinski definition) is 3. The van der Waals surface area contributed by atoms with Crippen molar-refractivity contribution in [1.29, 1.82) is 0 Å². The van der Waals surface area contributed by atoms with Gasteiger partial charge in [-0.15, -0.1) is 0 Å². The zero-order valence-corrected chi connectivity index (χ0v) is 21.6. The topological polar surface area (TPSA) is 41.6 Å². The Morgan fingerprint density at radius 1 is 0.857 bits per heavy atom. The molecule has 35 heavy (non-hydrogen) atoms. The number of likely N-dealkylation sites (tertiary alicyclic amines) is 1. The standard InChI is InChI=1S/C30H33BrN2O2/c31-16-14-22-10-12-23(13-11-22)15-17-33-20-25-18-27(19-26(25)21-33)35-30(34)32-29-9-5-4-8-28(29)24-6-2-1-3-7-24/h1-13,25-27H,14-21H2,(H,32,34)/t25-,26+,27-. The Morgan fingerprint density at radius 2 is 1.49 bits per heavy atom. The van der Waals surface area contributed by atoms with Gasteiger partial charge in [-0.25, -0.2) is 4.79 Å². The maximum atomic E-state index is 12.7. The second-order valence-electron chi connectivity index (χ2n) is 9.82. The van der Waals surface area contributed by atoms with Gasteiger partial charge in [0, 0.05) is 30.5 Å². The van der Waals surface area contributed by atoms with E-state index in [-0.39, 0.29) is 12.2 Å². The van der Waals surface area contributed by atoms with Gasteiger partial charge >= 0.3 is 6.09 Å². The van der Waals surface area contributed by atoms with Crippen molar-refractivity contribution < 1.29 is 9.53 Å². The average molecular weight is 534 g/mol. The molecule has 0 spiro atoms. The molecule has 1 saturated carbocycles. The normalized spacial score (nSPS) is 21.6. The third kappa shape index (κ3) is 6.14. The van der Waals surface area contributed by atoms with E-state index in [0.717, 1.165) is 67.5 Å². The van der Waals surface area contributed by atoms with Crippen molar-refractivity contribution in [3.8, 4) is 11.1 Å². The molecule has 2 fully saturated rings. The van der Waals surface area contributed by atoms with Crippen LogP contribution in [0.4, 0.5) is 10.5 Å². The van der Waals surface area contributed by atoms with Gasteiger partial charge in [-0.3, -0.25) is 5.32 Å². The van der Waals surface area contributed by atoms with E-state index in [4.69, 9.17) is 4.74 Å². The number of rotatable bonds is 8. The Morgan fingerprint density at radius 3 is 2.17 bits per heavy atom. The Balaban J connectivity index is 1.08. The van der Waals surface area contributed by atoms with Crippen molar-refractivity contribution in [1.82, 2.24) is 4.90 Å². The molecule has 3 aromatic carbocycles. The van der Waals surface area contributed by atoms with Gasteiger partial charge < -0.3 is 9.64 Å². The first-order chi connectivity index (χ1) is 17.2. The van der Waals surface area contributed by atoms with Crippen LogP contribution in [-0.2, 0) is 17.6 Å². The molecule has 1 aliphatic carbocycles. The van der Waals surface area contributed by atoms with Gasteiger partial charge in [-0.2, -0.15) is 0 Å². The minimum Gasteiger partial charge on any atom is -0.446 e. The zero-order chi connectivity index (χ0) is 24.0. The monoisotopic (exact) mass is 532 g/mol. The van der Waals surface area contributed by atoms with Crippen LogP contribution in [0.3, 0.4) is 0 Å². The third-order valence-corrected chi connectivity index (χ3v) is 7.83. The summed E-state index contributed by atoms with van der Waals surface area (Å²) in [5.74, 6) is 1.26. The zero-order valence-electron chi connectivity index (χ0n) is 20.0. The molecule has 1 aliphatic heterocycles. The first kappa shape index (κ1) is 24.1. The SMILES string of the molecule is O=C(Nc1ccccc1-c1ccccc1)O[C@@H]1C[C@@H]2CN(CCc3ccc(CCBr)cc3)C[C@@H]2C1. The van der Waals surface area contributed by atoms with Gasteiger partial charge in [-0.1, -0.05) is 88.7 Å². The van der Waals surface area contributed by atoms with E-state index in [1.807, 2.05) is 42.5 Å². The molecule has 1 N–H and O–H groups in total. The van der Waals surface area contributed by atoms with Gasteiger partial charge in [-0.05, 0) is 60.3 Å². The van der Waals surface area contributed by atoms with E-state index in [9.17, 15) is 4.79 Å². The van der Waals surface area contributed by atoms with Crippen LogP contribution in [0.2, 0.25) is 0 Å². The highest BCUT2D eigenvalue weighted by atomic mass is 79.9. The molecule has 3 atom stereocenters. The van der Waals surface area contributed by atoms with Crippen LogP contribution in [0.25, 0.3) is 11.1 Å². The van der Waals surface area contributed by atoms with Gasteiger partial charge in [0.1, 0.15) is 6.10 Å². The Kier molecular flexibility index (Phi) is 7.85. The number of fused-ring (bicyclic) bond motifs is 1. The number of alkyl halides is 1. The number of nitrogens with one attached hydrogen (secondary N) is 1. The van der Waals surface area contributed by atoms with Crippen LogP contribution in [0.15, 0.2) is 78.9 Å². The summed E-state index contributed by atoms with van der Waals surface area (Å²) in [6.07, 6.45) is 3.77. The number of para-hydroxylation sites is 1. The Bertz CT molecular complexity index is 1100. The summed E-state index contributed by atoms with van der Waals surface area (Å²) in [5, 5.41) is 4.00. The lowest BCUT2D eigenvalue weighted by Gasteiger charge is -2.20. The first-order valence-electron chi connectivity index (χ1n) is 12.7. The fourth-order valence-corrected chi connectivity index (χ4v) is 6.10. The molecule has 2 aliphatic rings. The van der Waals surface area contributed by atoms with Gasteiger partial charge in [0.2, 0.25) is 0 Å². The number of carbonyl (C=O) groups is 1. The molecule has 0 aromatic heterocycles. The molecule has 1 saturated heterocycles. The van der Waals surface area contributed by atoms with Crippen molar-refractivity contribution in [2.45, 2.75) is 31.8 Å². The third-order valence-electron chi connectivity index (χ3n) is 7.43. The minimum absolute atomic E-state index is 0.0121. The van der Waals surface area contributed by atoms with Crippen LogP contribution >= 0.6 is 15.9 Å². The second kappa shape index (κ2) is 11.4. The molecule has 3 aromatic rings. The van der Waals surface area contributed by atoms with E-state index in [0.29, 0.717) is 11.8 Å². The smallest absolute Gasteiger partial charge is 0.411 e. The van der Waals surface area contributed by atoms with E-state index < -0.39 is 0 Å². The predicted octanol–water partition coefficient (Wildman–Crippen LogP) is 6.79. The van der Waals surface area contributed by atoms with E-state index in [1.54, 1.807) is 0 Å². The minimum atomic E-state index is -0.349. The molecule has 5 rings (SSSR count). The van der Waals surface area contributed by atoms with Gasteiger partial charge in [0.15, 0.2) is 0 Å². The highest BCUT2D eigenvalue weighted by Gasteiger charge is 2.42. The summed E-state index contributed by atoms with van der Waals surface area (Å²) in [7, 11) is 0. The first-order valence-corrected chi connectivity index (χ1v) is 13.8. The van der Waals surface area contributed by atoms with Crippen LogP contribution in [-0.4, -0.2) is 42.1 Å². The predicted molar refractivity (Wildman–Crippen MR) is 146 cm³/mol. The molecule has 0 bridgehead atoms. The fourth-order valence-electron chi connectivity index (χ4n) is 5.64. The number of aryl methyl sites for hydroxylation is 1. The van der Waals surface area contributed by atoms with Gasteiger partial charge in [0.25, 0.3) is 0 Å². The van der Waals surface area contributed by atoms with Crippen LogP contribution in [0, 0.1) is 11.8 Å². The van der Waals surface area contributed by atoms with Crippen LogP contribution < -0.4 is 5.32 Å². The lowest BCUT2D eigenvalue weighted by atomic mass is 10.0. The van der Waals surface area contributed by atoms with Crippen molar-refractivity contribution in [3.05, 3.63) is 90.0 Å². The van der Waals surface area contributed by atoms with Crippen molar-refractivity contribution in [3.63, 3.8) is 0 Å². The number of ether oxygens (including phenoxy) is 1. The lowest BCUT2D eigenvalue weighted by Crippen LogP contribution is -2.27. The van der Waals surface area contributed by atoms with Crippen LogP contribution in [0.5, 0.6) is 0 Å². The largest absolute Gasteiger partial charge is 0.446 e. The van der Waals surface area contributed by atoms with Crippen molar-refractivity contribution in [2.75, 3.05) is 30.3 Å². The number of anilines is 1. The highest BCUT2D eigenvalue weighted by molar-refractivity contribution is 9.09. The summed E-state index contributed by atoms with van der Waals surface area (Å²) in [5.41, 5.74) is 5.66. The number of carbonyl (C=O) groups excluding carboxylic acids is 1. The molecule has 1 heterocycles. The molecular weight excluding hydrogens is 500 g/mol. The summed E-state index contributed by atoms with van der Waals surface area (Å²) >= 11 is 3.51. The number of nitrogens with zero attached hydrogens (tertiary/aromatic N) is 1. The van der Waals surface area contributed by atoms with E-state index in [2.05, 4.69) is 62.5 Å².